The highest BCUT2D eigenvalue weighted by atomic mass is 16.1. The standard InChI is InChI=1S/C21H22N2O/c24-15-19-14-23(20-7-4-12-22-21(19)20)13-16-8-10-18(11-9-16)17-5-2-1-3-6-17/h1-7,12,14-16,18H,8-11,13H2. The summed E-state index contributed by atoms with van der Waals surface area (Å²) in [5.74, 6) is 1.39. The second-order valence-electron chi connectivity index (χ2n) is 6.85. The quantitative estimate of drug-likeness (QED) is 0.646. The van der Waals surface area contributed by atoms with Gasteiger partial charge in [0.15, 0.2) is 6.29 Å². The minimum Gasteiger partial charge on any atom is -0.345 e. The van der Waals surface area contributed by atoms with Crippen LogP contribution in [0.1, 0.15) is 47.5 Å². The third-order valence-electron chi connectivity index (χ3n) is 5.36. The topological polar surface area (TPSA) is 34.9 Å². The number of carbonyl (C=O) groups is 1. The first-order valence-corrected chi connectivity index (χ1v) is 8.79. The molecule has 1 aliphatic carbocycles. The Kier molecular flexibility index (Phi) is 4.16. The van der Waals surface area contributed by atoms with Crippen LogP contribution < -0.4 is 0 Å². The fourth-order valence-electron chi connectivity index (χ4n) is 4.07. The molecule has 0 amide bonds. The van der Waals surface area contributed by atoms with Crippen LogP contribution in [-0.4, -0.2) is 15.8 Å². The summed E-state index contributed by atoms with van der Waals surface area (Å²) in [6.07, 6.45) is 9.64. The second-order valence-corrected chi connectivity index (χ2v) is 6.85. The van der Waals surface area contributed by atoms with E-state index in [9.17, 15) is 4.79 Å². The molecular formula is C21H22N2O. The Morgan fingerprint density at radius 2 is 1.83 bits per heavy atom. The van der Waals surface area contributed by atoms with E-state index in [1.54, 1.807) is 6.20 Å². The first kappa shape index (κ1) is 15.1. The van der Waals surface area contributed by atoms with Crippen LogP contribution in [0.25, 0.3) is 11.0 Å². The van der Waals surface area contributed by atoms with Crippen molar-refractivity contribution in [3.8, 4) is 0 Å². The Bertz CT molecular complexity index is 829. The van der Waals surface area contributed by atoms with Gasteiger partial charge in [-0.1, -0.05) is 30.3 Å². The van der Waals surface area contributed by atoms with E-state index in [0.717, 1.165) is 23.9 Å². The highest BCUT2D eigenvalue weighted by Gasteiger charge is 2.23. The van der Waals surface area contributed by atoms with E-state index in [1.165, 1.54) is 31.2 Å². The van der Waals surface area contributed by atoms with Gasteiger partial charge in [-0.05, 0) is 55.2 Å². The van der Waals surface area contributed by atoms with Crippen molar-refractivity contribution in [2.75, 3.05) is 0 Å². The van der Waals surface area contributed by atoms with E-state index in [2.05, 4.69) is 45.9 Å². The summed E-state index contributed by atoms with van der Waals surface area (Å²) in [5, 5.41) is 0. The van der Waals surface area contributed by atoms with Crippen LogP contribution in [0.4, 0.5) is 0 Å². The van der Waals surface area contributed by atoms with Crippen molar-refractivity contribution in [1.82, 2.24) is 9.55 Å². The Morgan fingerprint density at radius 3 is 2.58 bits per heavy atom. The fraction of sp³-hybridized carbons (Fsp3) is 0.333. The lowest BCUT2D eigenvalue weighted by molar-refractivity contribution is 0.112. The zero-order valence-corrected chi connectivity index (χ0v) is 13.8. The molecule has 2 heterocycles. The average Bonchev–Trinajstić information content (AvgIpc) is 3.01. The Labute approximate surface area is 142 Å². The van der Waals surface area contributed by atoms with Crippen LogP contribution in [0.2, 0.25) is 0 Å². The Balaban J connectivity index is 1.47. The summed E-state index contributed by atoms with van der Waals surface area (Å²) in [6, 6.07) is 14.9. The molecule has 1 aromatic carbocycles. The van der Waals surface area contributed by atoms with Gasteiger partial charge in [0.05, 0.1) is 16.6 Å². The van der Waals surface area contributed by atoms with Crippen molar-refractivity contribution in [2.45, 2.75) is 38.1 Å². The van der Waals surface area contributed by atoms with Gasteiger partial charge in [0.1, 0.15) is 0 Å². The maximum Gasteiger partial charge on any atom is 0.153 e. The molecule has 1 saturated carbocycles. The molecule has 3 aromatic rings. The predicted molar refractivity (Wildman–Crippen MR) is 96.3 cm³/mol. The van der Waals surface area contributed by atoms with Crippen LogP contribution in [-0.2, 0) is 6.54 Å². The molecule has 0 aliphatic heterocycles. The van der Waals surface area contributed by atoms with Gasteiger partial charge in [0.25, 0.3) is 0 Å². The SMILES string of the molecule is O=Cc1cn(CC2CCC(c3ccccc3)CC2)c2cccnc12. The summed E-state index contributed by atoms with van der Waals surface area (Å²) in [6.45, 7) is 0.984. The van der Waals surface area contributed by atoms with E-state index < -0.39 is 0 Å². The molecule has 0 unspecified atom stereocenters. The molecule has 1 aliphatic rings. The van der Waals surface area contributed by atoms with Gasteiger partial charge in [-0.2, -0.15) is 0 Å². The molecule has 3 nitrogen and oxygen atoms in total. The molecule has 0 atom stereocenters. The zero-order valence-electron chi connectivity index (χ0n) is 13.8. The number of carbonyl (C=O) groups excluding carboxylic acids is 1. The number of aldehydes is 1. The number of hydrogen-bond donors (Lipinski definition) is 0. The summed E-state index contributed by atoms with van der Waals surface area (Å²) < 4.78 is 2.22. The van der Waals surface area contributed by atoms with Crippen molar-refractivity contribution in [2.24, 2.45) is 5.92 Å². The summed E-state index contributed by atoms with van der Waals surface area (Å²) in [4.78, 5) is 15.6. The van der Waals surface area contributed by atoms with Crippen molar-refractivity contribution in [1.29, 1.82) is 0 Å². The average molecular weight is 318 g/mol. The van der Waals surface area contributed by atoms with E-state index >= 15 is 0 Å². The van der Waals surface area contributed by atoms with Crippen LogP contribution in [0.15, 0.2) is 54.9 Å². The molecule has 0 bridgehead atoms. The third kappa shape index (κ3) is 2.86. The van der Waals surface area contributed by atoms with E-state index in [1.807, 2.05) is 12.3 Å². The largest absolute Gasteiger partial charge is 0.345 e. The van der Waals surface area contributed by atoms with Gasteiger partial charge in [0.2, 0.25) is 0 Å². The molecule has 3 heteroatoms. The predicted octanol–water partition coefficient (Wildman–Crippen LogP) is 4.82. The van der Waals surface area contributed by atoms with Gasteiger partial charge in [-0.3, -0.25) is 9.78 Å². The molecule has 0 saturated heterocycles. The lowest BCUT2D eigenvalue weighted by Gasteiger charge is -2.29. The van der Waals surface area contributed by atoms with Gasteiger partial charge in [0, 0.05) is 18.9 Å². The molecular weight excluding hydrogens is 296 g/mol. The molecule has 0 spiro atoms. The Hall–Kier alpha value is -2.42. The summed E-state index contributed by atoms with van der Waals surface area (Å²) >= 11 is 0. The minimum absolute atomic E-state index is 0.681. The first-order valence-electron chi connectivity index (χ1n) is 8.79. The van der Waals surface area contributed by atoms with Crippen LogP contribution in [0.3, 0.4) is 0 Å². The molecule has 0 N–H and O–H groups in total. The normalized spacial score (nSPS) is 21.0. The van der Waals surface area contributed by atoms with Gasteiger partial charge >= 0.3 is 0 Å². The molecule has 4 rings (SSSR count). The van der Waals surface area contributed by atoms with Crippen molar-refractivity contribution in [3.05, 3.63) is 66.0 Å². The highest BCUT2D eigenvalue weighted by Crippen LogP contribution is 2.36. The summed E-state index contributed by atoms with van der Waals surface area (Å²) in [5.41, 5.74) is 4.08. The lowest BCUT2D eigenvalue weighted by atomic mass is 9.78. The number of fused-ring (bicyclic) bond motifs is 1. The second kappa shape index (κ2) is 6.60. The lowest BCUT2D eigenvalue weighted by Crippen LogP contribution is -2.17. The van der Waals surface area contributed by atoms with Crippen LogP contribution >= 0.6 is 0 Å². The van der Waals surface area contributed by atoms with E-state index in [4.69, 9.17) is 0 Å². The van der Waals surface area contributed by atoms with Crippen molar-refractivity contribution >= 4 is 17.3 Å². The maximum absolute atomic E-state index is 11.3. The monoisotopic (exact) mass is 318 g/mol. The molecule has 122 valence electrons. The summed E-state index contributed by atoms with van der Waals surface area (Å²) in [7, 11) is 0. The van der Waals surface area contributed by atoms with Crippen LogP contribution in [0, 0.1) is 5.92 Å². The number of nitrogens with zero attached hydrogens (tertiary/aromatic N) is 2. The third-order valence-corrected chi connectivity index (χ3v) is 5.36. The number of rotatable bonds is 4. The zero-order chi connectivity index (χ0) is 16.4. The molecule has 24 heavy (non-hydrogen) atoms. The fourth-order valence-corrected chi connectivity index (χ4v) is 4.07. The van der Waals surface area contributed by atoms with Gasteiger partial charge in [-0.15, -0.1) is 0 Å². The number of benzene rings is 1. The molecule has 1 fully saturated rings. The molecule has 0 radical (unpaired) electrons. The number of pyridine rings is 1. The maximum atomic E-state index is 11.3. The van der Waals surface area contributed by atoms with Gasteiger partial charge in [-0.25, -0.2) is 0 Å². The van der Waals surface area contributed by atoms with Gasteiger partial charge < -0.3 is 4.57 Å². The van der Waals surface area contributed by atoms with E-state index in [0.29, 0.717) is 17.4 Å². The van der Waals surface area contributed by atoms with Crippen LogP contribution in [0.5, 0.6) is 0 Å². The Morgan fingerprint density at radius 1 is 1.04 bits per heavy atom. The molecule has 2 aromatic heterocycles. The first-order chi connectivity index (χ1) is 11.8. The highest BCUT2D eigenvalue weighted by molar-refractivity contribution is 5.94. The van der Waals surface area contributed by atoms with Crippen molar-refractivity contribution < 1.29 is 4.79 Å². The number of hydrogen-bond acceptors (Lipinski definition) is 2. The van der Waals surface area contributed by atoms with E-state index in [-0.39, 0.29) is 0 Å². The number of aromatic nitrogens is 2. The smallest absolute Gasteiger partial charge is 0.153 e. The van der Waals surface area contributed by atoms with Crippen molar-refractivity contribution in [3.63, 3.8) is 0 Å². The minimum atomic E-state index is 0.681.